The van der Waals surface area contributed by atoms with Crippen LogP contribution in [0.5, 0.6) is 0 Å². The van der Waals surface area contributed by atoms with Gasteiger partial charge in [0.05, 0.1) is 0 Å². The van der Waals surface area contributed by atoms with Gasteiger partial charge in [-0.25, -0.2) is 4.39 Å². The molecule has 0 aromatic rings. The molecular weight excluding hydrogens is 295 g/mol. The number of nitrogens with two attached hydrogens (primary N) is 1. The van der Waals surface area contributed by atoms with E-state index in [1.165, 1.54) is 0 Å². The van der Waals surface area contributed by atoms with Gasteiger partial charge in [-0.3, -0.25) is 4.55 Å². The summed E-state index contributed by atoms with van der Waals surface area (Å²) in [4.78, 5) is 0. The fourth-order valence-electron chi connectivity index (χ4n) is 1.26. The molecule has 0 fully saturated rings. The number of hydrogen-bond acceptors (Lipinski definition) is 3. The summed E-state index contributed by atoms with van der Waals surface area (Å²) in [6.07, 6.45) is 1.73. The number of alkyl halides is 3. The van der Waals surface area contributed by atoms with Crippen molar-refractivity contribution in [1.82, 2.24) is 0 Å². The highest BCUT2D eigenvalue weighted by Gasteiger charge is 2.52. The maximum absolute atomic E-state index is 12.9. The molecule has 0 heterocycles. The van der Waals surface area contributed by atoms with E-state index in [1.807, 2.05) is 6.92 Å². The Balaban J connectivity index is 0. The second-order valence-electron chi connectivity index (χ2n) is 4.23. The summed E-state index contributed by atoms with van der Waals surface area (Å²) in [5, 5.41) is -4.70. The molecule has 20 heavy (non-hydrogen) atoms. The highest BCUT2D eigenvalue weighted by atomic mass is 32.2. The second-order valence-corrected chi connectivity index (χ2v) is 5.73. The van der Waals surface area contributed by atoms with Crippen molar-refractivity contribution in [3.05, 3.63) is 12.7 Å². The minimum atomic E-state index is -5.66. The summed E-state index contributed by atoms with van der Waals surface area (Å²) in [6, 6.07) is 0. The van der Waals surface area contributed by atoms with Crippen molar-refractivity contribution in [1.29, 1.82) is 0 Å². The molecule has 4 nitrogen and oxygen atoms in total. The Labute approximate surface area is 119 Å². The van der Waals surface area contributed by atoms with E-state index in [2.05, 4.69) is 6.58 Å². The standard InChI is InChI=1S/C9H17F3O3S.C3H7N/c1-2-3-4-5-6-7-8(10)9(11,12)16(13,14)15;1-2-3-4/h8H,2-7H2,1H3,(H,13,14,15);2H,1,3-4H2. The molecular formula is C12H24F3NO3S. The van der Waals surface area contributed by atoms with Gasteiger partial charge in [-0.15, -0.1) is 6.58 Å². The molecule has 0 rings (SSSR count). The topological polar surface area (TPSA) is 80.4 Å². The fourth-order valence-corrected chi connectivity index (χ4v) is 1.70. The molecule has 0 aliphatic rings. The molecule has 0 radical (unpaired) electrons. The largest absolute Gasteiger partial charge is 0.400 e. The molecule has 0 saturated carbocycles. The molecule has 1 unspecified atom stereocenters. The van der Waals surface area contributed by atoms with E-state index in [1.54, 1.807) is 6.08 Å². The van der Waals surface area contributed by atoms with Crippen LogP contribution < -0.4 is 5.73 Å². The lowest BCUT2D eigenvalue weighted by atomic mass is 10.1. The minimum absolute atomic E-state index is 0.187. The predicted molar refractivity (Wildman–Crippen MR) is 74.0 cm³/mol. The van der Waals surface area contributed by atoms with E-state index in [-0.39, 0.29) is 6.42 Å². The van der Waals surface area contributed by atoms with Crippen molar-refractivity contribution in [3.8, 4) is 0 Å². The van der Waals surface area contributed by atoms with Gasteiger partial charge in [0.25, 0.3) is 0 Å². The van der Waals surface area contributed by atoms with Crippen LogP contribution in [0.4, 0.5) is 13.2 Å². The summed E-state index contributed by atoms with van der Waals surface area (Å²) in [7, 11) is -5.66. The predicted octanol–water partition coefficient (Wildman–Crippen LogP) is 3.30. The molecule has 0 aliphatic carbocycles. The number of unbranched alkanes of at least 4 members (excludes halogenated alkanes) is 4. The Kier molecular flexibility index (Phi) is 12.0. The fraction of sp³-hybridized carbons (Fsp3) is 0.833. The smallest absolute Gasteiger partial charge is 0.327 e. The van der Waals surface area contributed by atoms with Gasteiger partial charge in [0.1, 0.15) is 0 Å². The van der Waals surface area contributed by atoms with Crippen molar-refractivity contribution in [2.75, 3.05) is 6.54 Å². The summed E-state index contributed by atoms with van der Waals surface area (Å²) < 4.78 is 66.8. The first kappa shape index (κ1) is 21.7. The summed E-state index contributed by atoms with van der Waals surface area (Å²) in [6.45, 7) is 5.91. The van der Waals surface area contributed by atoms with Gasteiger partial charge in [0.2, 0.25) is 0 Å². The van der Waals surface area contributed by atoms with E-state index in [0.29, 0.717) is 13.0 Å². The Bertz CT molecular complexity index is 348. The first-order chi connectivity index (χ1) is 9.15. The third kappa shape index (κ3) is 9.33. The molecule has 3 N–H and O–H groups in total. The van der Waals surface area contributed by atoms with Gasteiger partial charge in [-0.2, -0.15) is 17.2 Å². The molecule has 0 spiro atoms. The zero-order chi connectivity index (χ0) is 16.2. The normalized spacial score (nSPS) is 13.3. The number of rotatable bonds is 9. The number of halogens is 3. The van der Waals surface area contributed by atoms with Crippen LogP contribution in [0.15, 0.2) is 12.7 Å². The van der Waals surface area contributed by atoms with Crippen LogP contribution in [-0.2, 0) is 10.1 Å². The Morgan fingerprint density at radius 3 is 2.10 bits per heavy atom. The molecule has 0 saturated heterocycles. The van der Waals surface area contributed by atoms with Gasteiger partial charge >= 0.3 is 15.4 Å². The average molecular weight is 319 g/mol. The Morgan fingerprint density at radius 2 is 1.75 bits per heavy atom. The van der Waals surface area contributed by atoms with Gasteiger partial charge in [0.15, 0.2) is 6.17 Å². The van der Waals surface area contributed by atoms with E-state index in [0.717, 1.165) is 19.3 Å². The lowest BCUT2D eigenvalue weighted by Gasteiger charge is -2.17. The average Bonchev–Trinajstić information content (AvgIpc) is 2.37. The number of hydrogen-bond donors (Lipinski definition) is 2. The molecule has 1 atom stereocenters. The Hall–Kier alpha value is -0.600. The zero-order valence-electron chi connectivity index (χ0n) is 11.7. The van der Waals surface area contributed by atoms with Crippen LogP contribution in [-0.4, -0.2) is 30.9 Å². The first-order valence-corrected chi connectivity index (χ1v) is 7.89. The van der Waals surface area contributed by atoms with E-state index >= 15 is 0 Å². The molecule has 0 bridgehead atoms. The lowest BCUT2D eigenvalue weighted by molar-refractivity contribution is -0.00708. The van der Waals surface area contributed by atoms with Crippen LogP contribution in [0, 0.1) is 0 Å². The van der Waals surface area contributed by atoms with Gasteiger partial charge in [0, 0.05) is 6.54 Å². The van der Waals surface area contributed by atoms with Crippen LogP contribution in [0.1, 0.15) is 45.4 Å². The molecule has 0 amide bonds. The maximum atomic E-state index is 12.9. The third-order valence-electron chi connectivity index (χ3n) is 2.44. The highest BCUT2D eigenvalue weighted by molar-refractivity contribution is 7.86. The van der Waals surface area contributed by atoms with Crippen molar-refractivity contribution >= 4 is 10.1 Å². The SMILES string of the molecule is C=CCN.CCCCCCCC(F)C(F)(F)S(=O)(=O)O. The monoisotopic (exact) mass is 319 g/mol. The minimum Gasteiger partial charge on any atom is -0.327 e. The van der Waals surface area contributed by atoms with E-state index in [9.17, 15) is 21.6 Å². The molecule has 0 aromatic heterocycles. The van der Waals surface area contributed by atoms with Crippen LogP contribution in [0.2, 0.25) is 0 Å². The van der Waals surface area contributed by atoms with Crippen molar-refractivity contribution in [3.63, 3.8) is 0 Å². The van der Waals surface area contributed by atoms with Gasteiger partial charge in [-0.05, 0) is 6.42 Å². The maximum Gasteiger partial charge on any atom is 0.400 e. The summed E-state index contributed by atoms with van der Waals surface area (Å²) >= 11 is 0. The van der Waals surface area contributed by atoms with Gasteiger partial charge < -0.3 is 5.73 Å². The molecule has 8 heteroatoms. The van der Waals surface area contributed by atoms with E-state index < -0.39 is 28.0 Å². The molecule has 122 valence electrons. The highest BCUT2D eigenvalue weighted by Crippen LogP contribution is 2.30. The first-order valence-electron chi connectivity index (χ1n) is 6.44. The van der Waals surface area contributed by atoms with Crippen LogP contribution >= 0.6 is 0 Å². The lowest BCUT2D eigenvalue weighted by Crippen LogP contribution is -2.38. The zero-order valence-corrected chi connectivity index (χ0v) is 12.5. The molecule has 0 aromatic carbocycles. The van der Waals surface area contributed by atoms with Crippen LogP contribution in [0.25, 0.3) is 0 Å². The summed E-state index contributed by atoms with van der Waals surface area (Å²) in [5.74, 6) is 0. The van der Waals surface area contributed by atoms with Gasteiger partial charge in [-0.1, -0.05) is 45.1 Å². The van der Waals surface area contributed by atoms with Crippen molar-refractivity contribution < 1.29 is 26.1 Å². The Morgan fingerprint density at radius 1 is 1.30 bits per heavy atom. The summed E-state index contributed by atoms with van der Waals surface area (Å²) in [5.41, 5.74) is 4.91. The third-order valence-corrected chi connectivity index (χ3v) is 3.38. The van der Waals surface area contributed by atoms with E-state index in [4.69, 9.17) is 10.3 Å². The van der Waals surface area contributed by atoms with Crippen LogP contribution in [0.3, 0.4) is 0 Å². The second kappa shape index (κ2) is 11.1. The van der Waals surface area contributed by atoms with Crippen molar-refractivity contribution in [2.24, 2.45) is 5.73 Å². The quantitative estimate of drug-likeness (QED) is 0.388. The van der Waals surface area contributed by atoms with Crippen molar-refractivity contribution in [2.45, 2.75) is 56.9 Å². The molecule has 0 aliphatic heterocycles.